The van der Waals surface area contributed by atoms with Crippen molar-refractivity contribution < 1.29 is 18.9 Å². The third-order valence-electron chi connectivity index (χ3n) is 2.07. The lowest BCUT2D eigenvalue weighted by Gasteiger charge is -2.10. The van der Waals surface area contributed by atoms with Crippen LogP contribution in [-0.2, 0) is 20.4 Å². The molecular formula is C11H13NO4S. The second kappa shape index (κ2) is 6.15. The summed E-state index contributed by atoms with van der Waals surface area (Å²) in [4.78, 5) is 22.0. The number of carboxylic acids is 1. The first kappa shape index (κ1) is 13.4. The second-order valence-electron chi connectivity index (χ2n) is 3.42. The van der Waals surface area contributed by atoms with Gasteiger partial charge in [-0.25, -0.2) is 0 Å². The molecule has 0 saturated carbocycles. The maximum absolute atomic E-state index is 11.6. The molecule has 0 fully saturated rings. The first-order valence-electron chi connectivity index (χ1n) is 4.95. The fraction of sp³-hybridized carbons (Fsp3) is 0.273. The minimum atomic E-state index is -1.71. The Kier molecular flexibility index (Phi) is 4.84. The van der Waals surface area contributed by atoms with Gasteiger partial charge in [-0.15, -0.1) is 0 Å². The maximum atomic E-state index is 11.6. The molecule has 1 rings (SSSR count). The monoisotopic (exact) mass is 255 g/mol. The normalized spacial score (nSPS) is 13.7. The molecular weight excluding hydrogens is 242 g/mol. The molecule has 1 aromatic carbocycles. The Morgan fingerprint density at radius 2 is 1.94 bits per heavy atom. The van der Waals surface area contributed by atoms with Gasteiger partial charge in [0.1, 0.15) is 11.0 Å². The van der Waals surface area contributed by atoms with Crippen molar-refractivity contribution in [2.24, 2.45) is 0 Å². The van der Waals surface area contributed by atoms with Crippen LogP contribution in [0.25, 0.3) is 0 Å². The summed E-state index contributed by atoms with van der Waals surface area (Å²) < 4.78 is 11.5. The highest BCUT2D eigenvalue weighted by atomic mass is 32.2. The number of nitrogens with one attached hydrogen (secondary N) is 1. The summed E-state index contributed by atoms with van der Waals surface area (Å²) in [6.07, 6.45) is 0. The summed E-state index contributed by atoms with van der Waals surface area (Å²) in [5.74, 6) is -2.15. The summed E-state index contributed by atoms with van der Waals surface area (Å²) in [5.41, 5.74) is 0.594. The Hall–Kier alpha value is -1.69. The van der Waals surface area contributed by atoms with Crippen molar-refractivity contribution in [1.29, 1.82) is 0 Å². The number of hydrogen-bond acceptors (Lipinski definition) is 3. The molecule has 0 heterocycles. The molecule has 0 aliphatic carbocycles. The number of carbonyl (C=O) groups is 2. The fourth-order valence-electron chi connectivity index (χ4n) is 1.13. The number of amides is 1. The van der Waals surface area contributed by atoms with Crippen LogP contribution in [0.1, 0.15) is 6.92 Å². The number of para-hydroxylation sites is 1. The van der Waals surface area contributed by atoms with Gasteiger partial charge in [0.25, 0.3) is 0 Å². The number of carbonyl (C=O) groups excluding carboxylic acids is 1. The summed E-state index contributed by atoms with van der Waals surface area (Å²) in [6.45, 7) is 1.44. The number of aliphatic carboxylic acids is 1. The average Bonchev–Trinajstić information content (AvgIpc) is 2.28. The van der Waals surface area contributed by atoms with E-state index in [1.54, 1.807) is 24.3 Å². The number of anilines is 1. The van der Waals surface area contributed by atoms with E-state index in [0.29, 0.717) is 5.69 Å². The molecule has 92 valence electrons. The summed E-state index contributed by atoms with van der Waals surface area (Å²) >= 11 is 0. The highest BCUT2D eigenvalue weighted by Crippen LogP contribution is 2.07. The van der Waals surface area contributed by atoms with E-state index in [4.69, 9.17) is 5.11 Å². The molecule has 1 aromatic rings. The van der Waals surface area contributed by atoms with E-state index in [-0.39, 0.29) is 0 Å². The molecule has 6 heteroatoms. The molecule has 17 heavy (non-hydrogen) atoms. The summed E-state index contributed by atoms with van der Waals surface area (Å²) in [6, 6.07) is 8.72. The van der Waals surface area contributed by atoms with Gasteiger partial charge in [-0.3, -0.25) is 13.8 Å². The molecule has 0 aliphatic rings. The molecule has 0 aromatic heterocycles. The van der Waals surface area contributed by atoms with Crippen LogP contribution >= 0.6 is 0 Å². The molecule has 0 aliphatic heterocycles. The largest absolute Gasteiger partial charge is 0.481 e. The van der Waals surface area contributed by atoms with Crippen molar-refractivity contribution in [3.05, 3.63) is 30.3 Å². The van der Waals surface area contributed by atoms with E-state index in [0.717, 1.165) is 0 Å². The zero-order valence-electron chi connectivity index (χ0n) is 9.25. The number of hydrogen-bond donors (Lipinski definition) is 2. The van der Waals surface area contributed by atoms with Crippen molar-refractivity contribution in [2.75, 3.05) is 11.1 Å². The number of carboxylic acid groups (broad SMARTS) is 1. The van der Waals surface area contributed by atoms with Crippen LogP contribution in [0.3, 0.4) is 0 Å². The third-order valence-corrected chi connectivity index (χ3v) is 3.60. The summed E-state index contributed by atoms with van der Waals surface area (Å²) in [5, 5.41) is 10.2. The average molecular weight is 255 g/mol. The summed E-state index contributed by atoms with van der Waals surface area (Å²) in [7, 11) is -1.71. The van der Waals surface area contributed by atoms with Gasteiger partial charge in [0, 0.05) is 16.5 Å². The number of rotatable bonds is 5. The zero-order valence-corrected chi connectivity index (χ0v) is 10.1. The van der Waals surface area contributed by atoms with Gasteiger partial charge in [0.2, 0.25) is 5.91 Å². The van der Waals surface area contributed by atoms with Crippen LogP contribution in [0.15, 0.2) is 30.3 Å². The quantitative estimate of drug-likeness (QED) is 0.817. The Morgan fingerprint density at radius 1 is 1.35 bits per heavy atom. The number of benzene rings is 1. The molecule has 2 atom stereocenters. The van der Waals surface area contributed by atoms with E-state index >= 15 is 0 Å². The van der Waals surface area contributed by atoms with Crippen molar-refractivity contribution in [3.63, 3.8) is 0 Å². The molecule has 0 bridgehead atoms. The van der Waals surface area contributed by atoms with Crippen LogP contribution in [0.4, 0.5) is 5.69 Å². The first-order valence-corrected chi connectivity index (χ1v) is 6.34. The van der Waals surface area contributed by atoms with Crippen LogP contribution in [0.2, 0.25) is 0 Å². The second-order valence-corrected chi connectivity index (χ2v) is 5.17. The lowest BCUT2D eigenvalue weighted by Crippen LogP contribution is -2.31. The Bertz CT molecular complexity index is 432. The predicted molar refractivity (Wildman–Crippen MR) is 65.2 cm³/mol. The van der Waals surface area contributed by atoms with Gasteiger partial charge in [0.15, 0.2) is 0 Å². The van der Waals surface area contributed by atoms with E-state index in [2.05, 4.69) is 5.32 Å². The van der Waals surface area contributed by atoms with Crippen molar-refractivity contribution >= 4 is 28.4 Å². The van der Waals surface area contributed by atoms with E-state index < -0.39 is 33.7 Å². The van der Waals surface area contributed by atoms with Crippen LogP contribution in [0, 0.1) is 0 Å². The van der Waals surface area contributed by atoms with E-state index in [1.165, 1.54) is 6.92 Å². The molecule has 2 N–H and O–H groups in total. The van der Waals surface area contributed by atoms with E-state index in [9.17, 15) is 13.8 Å². The smallest absolute Gasteiger partial charge is 0.316 e. The standard InChI is InChI=1S/C11H13NO4S/c1-8(17(16)7-10(13)14)11(15)12-9-5-3-2-4-6-9/h2-6,8H,7H2,1H3,(H,12,15)(H,13,14). The topological polar surface area (TPSA) is 83.5 Å². The van der Waals surface area contributed by atoms with Crippen molar-refractivity contribution in [2.45, 2.75) is 12.2 Å². The van der Waals surface area contributed by atoms with Gasteiger partial charge in [-0.05, 0) is 19.1 Å². The highest BCUT2D eigenvalue weighted by Gasteiger charge is 2.21. The molecule has 2 unspecified atom stereocenters. The van der Waals surface area contributed by atoms with Crippen LogP contribution in [-0.4, -0.2) is 32.2 Å². The van der Waals surface area contributed by atoms with Gasteiger partial charge in [0.05, 0.1) is 0 Å². The predicted octanol–water partition coefficient (Wildman–Crippen LogP) is 0.847. The van der Waals surface area contributed by atoms with Crippen molar-refractivity contribution in [1.82, 2.24) is 0 Å². The minimum absolute atomic E-state index is 0.448. The molecule has 0 radical (unpaired) electrons. The first-order chi connectivity index (χ1) is 8.00. The van der Waals surface area contributed by atoms with Crippen molar-refractivity contribution in [3.8, 4) is 0 Å². The van der Waals surface area contributed by atoms with Crippen LogP contribution < -0.4 is 5.32 Å². The lowest BCUT2D eigenvalue weighted by atomic mass is 10.3. The molecule has 0 saturated heterocycles. The lowest BCUT2D eigenvalue weighted by molar-refractivity contribution is -0.133. The van der Waals surface area contributed by atoms with E-state index in [1.807, 2.05) is 6.07 Å². The molecule has 1 amide bonds. The van der Waals surface area contributed by atoms with Gasteiger partial charge < -0.3 is 10.4 Å². The van der Waals surface area contributed by atoms with Crippen LogP contribution in [0.5, 0.6) is 0 Å². The molecule has 0 spiro atoms. The van der Waals surface area contributed by atoms with Gasteiger partial charge in [-0.1, -0.05) is 18.2 Å². The minimum Gasteiger partial charge on any atom is -0.481 e. The fourth-order valence-corrected chi connectivity index (χ4v) is 1.92. The highest BCUT2D eigenvalue weighted by molar-refractivity contribution is 7.87. The van der Waals surface area contributed by atoms with Gasteiger partial charge in [-0.2, -0.15) is 0 Å². The Balaban J connectivity index is 2.59. The third kappa shape index (κ3) is 4.36. The maximum Gasteiger partial charge on any atom is 0.316 e. The Morgan fingerprint density at radius 3 is 2.47 bits per heavy atom. The SMILES string of the molecule is CC(C(=O)Nc1ccccc1)S(=O)CC(=O)O. The zero-order chi connectivity index (χ0) is 12.8. The Labute approximate surface area is 101 Å². The molecule has 5 nitrogen and oxygen atoms in total. The van der Waals surface area contributed by atoms with Gasteiger partial charge >= 0.3 is 5.97 Å².